The summed E-state index contributed by atoms with van der Waals surface area (Å²) in [5.41, 5.74) is 2.86. The summed E-state index contributed by atoms with van der Waals surface area (Å²) >= 11 is 3.38. The van der Waals surface area contributed by atoms with Crippen molar-refractivity contribution in [3.8, 4) is 5.75 Å². The standard InChI is InChI=1S/C16H16BrNO2/c1-20-15-8-4-13(5-9-15)11-18-16(19)14-6-2-12(10-17)3-7-14/h2-9H,10-11H2,1H3,(H,18,19). The summed E-state index contributed by atoms with van der Waals surface area (Å²) < 4.78 is 5.09. The molecule has 1 N–H and O–H groups in total. The molecule has 0 aliphatic rings. The first-order valence-corrected chi connectivity index (χ1v) is 7.41. The van der Waals surface area contributed by atoms with Gasteiger partial charge in [-0.3, -0.25) is 4.79 Å². The summed E-state index contributed by atoms with van der Waals surface area (Å²) in [6.07, 6.45) is 0. The van der Waals surface area contributed by atoms with Crippen LogP contribution in [0.1, 0.15) is 21.5 Å². The predicted molar refractivity (Wildman–Crippen MR) is 83.2 cm³/mol. The molecule has 0 aliphatic heterocycles. The fourth-order valence-electron chi connectivity index (χ4n) is 1.77. The highest BCUT2D eigenvalue weighted by Crippen LogP contribution is 2.11. The Morgan fingerprint density at radius 2 is 1.65 bits per heavy atom. The molecule has 0 fully saturated rings. The number of ether oxygens (including phenoxy) is 1. The maximum absolute atomic E-state index is 12.0. The van der Waals surface area contributed by atoms with Crippen LogP contribution >= 0.6 is 15.9 Å². The number of hydrogen-bond acceptors (Lipinski definition) is 2. The normalized spacial score (nSPS) is 10.1. The highest BCUT2D eigenvalue weighted by Gasteiger charge is 2.05. The van der Waals surface area contributed by atoms with Gasteiger partial charge >= 0.3 is 0 Å². The molecular weight excluding hydrogens is 318 g/mol. The molecule has 2 aromatic rings. The Morgan fingerprint density at radius 1 is 1.05 bits per heavy atom. The number of rotatable bonds is 5. The van der Waals surface area contributed by atoms with Crippen molar-refractivity contribution in [3.63, 3.8) is 0 Å². The number of halogens is 1. The minimum Gasteiger partial charge on any atom is -0.497 e. The van der Waals surface area contributed by atoms with Gasteiger partial charge in [0.15, 0.2) is 0 Å². The molecule has 0 saturated carbocycles. The van der Waals surface area contributed by atoms with Gasteiger partial charge in [0.2, 0.25) is 0 Å². The molecule has 4 heteroatoms. The van der Waals surface area contributed by atoms with E-state index in [1.807, 2.05) is 48.5 Å². The van der Waals surface area contributed by atoms with Crippen molar-refractivity contribution in [1.82, 2.24) is 5.32 Å². The molecule has 0 radical (unpaired) electrons. The van der Waals surface area contributed by atoms with Crippen LogP contribution in [0.25, 0.3) is 0 Å². The van der Waals surface area contributed by atoms with E-state index in [1.165, 1.54) is 0 Å². The van der Waals surface area contributed by atoms with E-state index in [-0.39, 0.29) is 5.91 Å². The van der Waals surface area contributed by atoms with Crippen LogP contribution in [-0.2, 0) is 11.9 Å². The van der Waals surface area contributed by atoms with Crippen LogP contribution < -0.4 is 10.1 Å². The second kappa shape index (κ2) is 7.10. The second-order valence-electron chi connectivity index (χ2n) is 4.36. The van der Waals surface area contributed by atoms with Crippen molar-refractivity contribution in [2.45, 2.75) is 11.9 Å². The summed E-state index contributed by atoms with van der Waals surface area (Å²) in [6, 6.07) is 15.2. The summed E-state index contributed by atoms with van der Waals surface area (Å²) in [4.78, 5) is 12.0. The molecule has 20 heavy (non-hydrogen) atoms. The van der Waals surface area contributed by atoms with Gasteiger partial charge in [-0.2, -0.15) is 0 Å². The van der Waals surface area contributed by atoms with Gasteiger partial charge < -0.3 is 10.1 Å². The fourth-order valence-corrected chi connectivity index (χ4v) is 2.15. The molecule has 0 saturated heterocycles. The molecule has 0 bridgehead atoms. The summed E-state index contributed by atoms with van der Waals surface area (Å²) in [6.45, 7) is 0.503. The lowest BCUT2D eigenvalue weighted by Gasteiger charge is -2.07. The zero-order valence-corrected chi connectivity index (χ0v) is 12.8. The third-order valence-corrected chi connectivity index (χ3v) is 3.63. The average molecular weight is 334 g/mol. The zero-order valence-electron chi connectivity index (χ0n) is 11.2. The van der Waals surface area contributed by atoms with E-state index >= 15 is 0 Å². The summed E-state index contributed by atoms with van der Waals surface area (Å²) in [7, 11) is 1.63. The first kappa shape index (κ1) is 14.6. The van der Waals surface area contributed by atoms with E-state index in [1.54, 1.807) is 7.11 Å². The first-order valence-electron chi connectivity index (χ1n) is 6.29. The Balaban J connectivity index is 1.93. The van der Waals surface area contributed by atoms with E-state index in [0.29, 0.717) is 12.1 Å². The SMILES string of the molecule is COc1ccc(CNC(=O)c2ccc(CBr)cc2)cc1. The number of carbonyl (C=O) groups excluding carboxylic acids is 1. The monoisotopic (exact) mass is 333 g/mol. The summed E-state index contributed by atoms with van der Waals surface area (Å²) in [5.74, 6) is 0.743. The van der Waals surface area contributed by atoms with Gasteiger partial charge in [0.05, 0.1) is 7.11 Å². The van der Waals surface area contributed by atoms with Crippen LogP contribution in [0.15, 0.2) is 48.5 Å². The maximum Gasteiger partial charge on any atom is 0.251 e. The third-order valence-electron chi connectivity index (χ3n) is 2.98. The van der Waals surface area contributed by atoms with Gasteiger partial charge in [0.1, 0.15) is 5.75 Å². The Bertz CT molecular complexity index is 564. The largest absolute Gasteiger partial charge is 0.497 e. The molecule has 0 aliphatic carbocycles. The van der Waals surface area contributed by atoms with Crippen molar-refractivity contribution >= 4 is 21.8 Å². The Kier molecular flexibility index (Phi) is 5.18. The minimum absolute atomic E-state index is 0.0676. The first-order chi connectivity index (χ1) is 9.72. The number of methoxy groups -OCH3 is 1. The molecule has 0 atom stereocenters. The van der Waals surface area contributed by atoms with E-state index in [2.05, 4.69) is 21.2 Å². The van der Waals surface area contributed by atoms with Gasteiger partial charge in [0, 0.05) is 17.4 Å². The number of benzene rings is 2. The van der Waals surface area contributed by atoms with Gasteiger partial charge in [-0.1, -0.05) is 40.2 Å². The Morgan fingerprint density at radius 3 is 2.20 bits per heavy atom. The minimum atomic E-state index is -0.0676. The van der Waals surface area contributed by atoms with Crippen LogP contribution in [0.2, 0.25) is 0 Å². The Hall–Kier alpha value is -1.81. The Labute approximate surface area is 127 Å². The number of hydrogen-bond donors (Lipinski definition) is 1. The van der Waals surface area contributed by atoms with Crippen molar-refractivity contribution < 1.29 is 9.53 Å². The molecule has 2 aromatic carbocycles. The van der Waals surface area contributed by atoms with Crippen LogP contribution in [0.5, 0.6) is 5.75 Å². The highest BCUT2D eigenvalue weighted by atomic mass is 79.9. The molecule has 104 valence electrons. The fraction of sp³-hybridized carbons (Fsp3) is 0.188. The molecule has 0 heterocycles. The number of alkyl halides is 1. The van der Waals surface area contributed by atoms with E-state index < -0.39 is 0 Å². The molecule has 3 nitrogen and oxygen atoms in total. The van der Waals surface area contributed by atoms with Gasteiger partial charge in [-0.05, 0) is 35.4 Å². The quantitative estimate of drug-likeness (QED) is 0.850. The third kappa shape index (κ3) is 3.84. The molecular formula is C16H16BrNO2. The number of nitrogens with one attached hydrogen (secondary N) is 1. The lowest BCUT2D eigenvalue weighted by molar-refractivity contribution is 0.0951. The van der Waals surface area contributed by atoms with Crippen molar-refractivity contribution in [2.75, 3.05) is 7.11 Å². The van der Waals surface area contributed by atoms with Crippen molar-refractivity contribution in [3.05, 3.63) is 65.2 Å². The van der Waals surface area contributed by atoms with E-state index in [4.69, 9.17) is 4.74 Å². The molecule has 1 amide bonds. The lowest BCUT2D eigenvalue weighted by Crippen LogP contribution is -2.22. The summed E-state index contributed by atoms with van der Waals surface area (Å²) in [5, 5.41) is 3.69. The predicted octanol–water partition coefficient (Wildman–Crippen LogP) is 3.52. The molecule has 0 aromatic heterocycles. The zero-order chi connectivity index (χ0) is 14.4. The molecule has 2 rings (SSSR count). The van der Waals surface area contributed by atoms with Gasteiger partial charge in [-0.25, -0.2) is 0 Å². The van der Waals surface area contributed by atoms with Crippen LogP contribution in [0.4, 0.5) is 0 Å². The van der Waals surface area contributed by atoms with Crippen molar-refractivity contribution in [2.24, 2.45) is 0 Å². The lowest BCUT2D eigenvalue weighted by atomic mass is 10.1. The topological polar surface area (TPSA) is 38.3 Å². The smallest absolute Gasteiger partial charge is 0.251 e. The number of amides is 1. The van der Waals surface area contributed by atoms with Gasteiger partial charge in [0.25, 0.3) is 5.91 Å². The van der Waals surface area contributed by atoms with Gasteiger partial charge in [-0.15, -0.1) is 0 Å². The molecule has 0 spiro atoms. The maximum atomic E-state index is 12.0. The highest BCUT2D eigenvalue weighted by molar-refractivity contribution is 9.08. The van der Waals surface area contributed by atoms with Crippen LogP contribution in [-0.4, -0.2) is 13.0 Å². The van der Waals surface area contributed by atoms with Crippen molar-refractivity contribution in [1.29, 1.82) is 0 Å². The molecule has 0 unspecified atom stereocenters. The van der Waals surface area contributed by atoms with E-state index in [9.17, 15) is 4.79 Å². The number of carbonyl (C=O) groups is 1. The average Bonchev–Trinajstić information content (AvgIpc) is 2.53. The van der Waals surface area contributed by atoms with E-state index in [0.717, 1.165) is 22.2 Å². The second-order valence-corrected chi connectivity index (χ2v) is 4.92. The van der Waals surface area contributed by atoms with Crippen LogP contribution in [0.3, 0.4) is 0 Å². The van der Waals surface area contributed by atoms with Crippen LogP contribution in [0, 0.1) is 0 Å².